The summed E-state index contributed by atoms with van der Waals surface area (Å²) >= 11 is 0. The van der Waals surface area contributed by atoms with E-state index in [2.05, 4.69) is 4.72 Å². The second-order valence-corrected chi connectivity index (χ2v) is 6.93. The summed E-state index contributed by atoms with van der Waals surface area (Å²) in [5.74, 6) is 0.797. The number of hydrogen-bond acceptors (Lipinski definition) is 4. The van der Waals surface area contributed by atoms with Gasteiger partial charge in [0.25, 0.3) is 0 Å². The Morgan fingerprint density at radius 3 is 2.65 bits per heavy atom. The molecule has 0 spiro atoms. The fraction of sp³-hybridized carbons (Fsp3) is 0.571. The molecule has 1 aliphatic rings. The van der Waals surface area contributed by atoms with Crippen molar-refractivity contribution in [1.29, 1.82) is 0 Å². The predicted octanol–water partition coefficient (Wildman–Crippen LogP) is 1.62. The van der Waals surface area contributed by atoms with E-state index in [0.717, 1.165) is 18.4 Å². The van der Waals surface area contributed by atoms with Crippen molar-refractivity contribution >= 4 is 10.0 Å². The van der Waals surface area contributed by atoms with E-state index in [1.807, 2.05) is 0 Å². The lowest BCUT2D eigenvalue weighted by molar-refractivity contribution is 0.401. The summed E-state index contributed by atoms with van der Waals surface area (Å²) < 4.78 is 32.6. The highest BCUT2D eigenvalue weighted by Gasteiger charge is 2.22. The Bertz CT molecular complexity index is 552. The van der Waals surface area contributed by atoms with E-state index in [-0.39, 0.29) is 4.90 Å². The van der Waals surface area contributed by atoms with Crippen LogP contribution in [0.5, 0.6) is 5.75 Å². The summed E-state index contributed by atoms with van der Waals surface area (Å²) in [7, 11) is -2.07. The topological polar surface area (TPSA) is 81.4 Å². The highest BCUT2D eigenvalue weighted by Crippen LogP contribution is 2.27. The molecule has 0 aliphatic heterocycles. The first-order chi connectivity index (χ1) is 9.56. The van der Waals surface area contributed by atoms with E-state index < -0.39 is 10.0 Å². The normalized spacial score (nSPS) is 16.5. The van der Waals surface area contributed by atoms with Crippen molar-refractivity contribution in [2.45, 2.75) is 37.1 Å². The van der Waals surface area contributed by atoms with Crippen LogP contribution in [0.4, 0.5) is 0 Å². The Balaban J connectivity index is 2.15. The second kappa shape index (κ2) is 6.56. The maximum absolute atomic E-state index is 12.3. The van der Waals surface area contributed by atoms with Crippen LogP contribution >= 0.6 is 0 Å². The number of benzene rings is 1. The molecule has 0 radical (unpaired) electrons. The quantitative estimate of drug-likeness (QED) is 0.836. The molecule has 1 aliphatic carbocycles. The molecule has 0 heterocycles. The van der Waals surface area contributed by atoms with Gasteiger partial charge >= 0.3 is 0 Å². The van der Waals surface area contributed by atoms with Crippen LogP contribution in [0.1, 0.15) is 31.2 Å². The Kier molecular flexibility index (Phi) is 5.01. The van der Waals surface area contributed by atoms with E-state index in [1.54, 1.807) is 18.2 Å². The summed E-state index contributed by atoms with van der Waals surface area (Å²) in [4.78, 5) is 0.176. The van der Waals surface area contributed by atoms with Gasteiger partial charge in [0.2, 0.25) is 10.0 Å². The molecule has 5 nitrogen and oxygen atoms in total. The summed E-state index contributed by atoms with van der Waals surface area (Å²) in [6.45, 7) is 0.857. The standard InChI is InChI=1S/C14H22N2O3S/c1-19-13-8-12(9-15)6-7-14(13)20(17,18)16-10-11-4-2-3-5-11/h6-8,11,16H,2-5,9-10,15H2,1H3. The van der Waals surface area contributed by atoms with Crippen molar-refractivity contribution < 1.29 is 13.2 Å². The molecular weight excluding hydrogens is 276 g/mol. The molecule has 3 N–H and O–H groups in total. The molecule has 0 aromatic heterocycles. The molecule has 112 valence electrons. The minimum absolute atomic E-state index is 0.176. The average Bonchev–Trinajstić information content (AvgIpc) is 2.97. The van der Waals surface area contributed by atoms with Crippen molar-refractivity contribution in [1.82, 2.24) is 4.72 Å². The monoisotopic (exact) mass is 298 g/mol. The average molecular weight is 298 g/mol. The largest absolute Gasteiger partial charge is 0.495 e. The Hall–Kier alpha value is -1.11. The molecule has 1 aromatic carbocycles. The van der Waals surface area contributed by atoms with Crippen LogP contribution in [-0.4, -0.2) is 22.1 Å². The number of methoxy groups -OCH3 is 1. The number of nitrogens with one attached hydrogen (secondary N) is 1. The van der Waals surface area contributed by atoms with Gasteiger partial charge in [0.05, 0.1) is 7.11 Å². The highest BCUT2D eigenvalue weighted by atomic mass is 32.2. The lowest BCUT2D eigenvalue weighted by Gasteiger charge is -2.14. The zero-order valence-corrected chi connectivity index (χ0v) is 12.6. The van der Waals surface area contributed by atoms with Gasteiger partial charge in [-0.2, -0.15) is 0 Å². The molecule has 6 heteroatoms. The van der Waals surface area contributed by atoms with E-state index in [9.17, 15) is 8.42 Å². The Morgan fingerprint density at radius 2 is 2.05 bits per heavy atom. The first kappa shape index (κ1) is 15.3. The number of sulfonamides is 1. The molecule has 1 fully saturated rings. The maximum Gasteiger partial charge on any atom is 0.244 e. The predicted molar refractivity (Wildman–Crippen MR) is 78.0 cm³/mol. The number of nitrogens with two attached hydrogens (primary N) is 1. The van der Waals surface area contributed by atoms with Gasteiger partial charge in [0.1, 0.15) is 10.6 Å². The smallest absolute Gasteiger partial charge is 0.244 e. The van der Waals surface area contributed by atoms with Gasteiger partial charge < -0.3 is 10.5 Å². The molecule has 0 atom stereocenters. The zero-order valence-electron chi connectivity index (χ0n) is 11.8. The van der Waals surface area contributed by atoms with Crippen LogP contribution in [-0.2, 0) is 16.6 Å². The Morgan fingerprint density at radius 1 is 1.35 bits per heavy atom. The zero-order chi connectivity index (χ0) is 14.6. The van der Waals surface area contributed by atoms with E-state index in [1.165, 1.54) is 20.0 Å². The van der Waals surface area contributed by atoms with E-state index in [4.69, 9.17) is 10.5 Å². The summed E-state index contributed by atoms with van der Waals surface area (Å²) in [6, 6.07) is 4.94. The molecule has 1 saturated carbocycles. The van der Waals surface area contributed by atoms with E-state index >= 15 is 0 Å². The molecule has 1 aromatic rings. The molecule has 20 heavy (non-hydrogen) atoms. The summed E-state index contributed by atoms with van der Waals surface area (Å²) in [5.41, 5.74) is 6.40. The third kappa shape index (κ3) is 3.50. The van der Waals surface area contributed by atoms with Gasteiger partial charge in [-0.15, -0.1) is 0 Å². The minimum atomic E-state index is -3.53. The van der Waals surface area contributed by atoms with Crippen molar-refractivity contribution in [2.24, 2.45) is 11.7 Å². The van der Waals surface area contributed by atoms with Crippen molar-refractivity contribution in [3.05, 3.63) is 23.8 Å². The van der Waals surface area contributed by atoms with Crippen LogP contribution < -0.4 is 15.2 Å². The maximum atomic E-state index is 12.3. The third-order valence-electron chi connectivity index (χ3n) is 3.79. The van der Waals surface area contributed by atoms with Gasteiger partial charge in [-0.1, -0.05) is 18.9 Å². The van der Waals surface area contributed by atoms with Crippen molar-refractivity contribution in [2.75, 3.05) is 13.7 Å². The number of rotatable bonds is 6. The first-order valence-corrected chi connectivity index (χ1v) is 8.42. The first-order valence-electron chi connectivity index (χ1n) is 6.93. The lowest BCUT2D eigenvalue weighted by Crippen LogP contribution is -2.28. The van der Waals surface area contributed by atoms with Crippen molar-refractivity contribution in [3.63, 3.8) is 0 Å². The van der Waals surface area contributed by atoms with Gasteiger partial charge in [0, 0.05) is 13.1 Å². The van der Waals surface area contributed by atoms with Crippen LogP contribution in [0.2, 0.25) is 0 Å². The SMILES string of the molecule is COc1cc(CN)ccc1S(=O)(=O)NCC1CCCC1. The van der Waals surface area contributed by atoms with Gasteiger partial charge in [-0.05, 0) is 36.5 Å². The fourth-order valence-corrected chi connectivity index (χ4v) is 3.85. The van der Waals surface area contributed by atoms with Crippen LogP contribution in [0.3, 0.4) is 0 Å². The number of hydrogen-bond donors (Lipinski definition) is 2. The second-order valence-electron chi connectivity index (χ2n) is 5.19. The van der Waals surface area contributed by atoms with E-state index in [0.29, 0.717) is 24.8 Å². The van der Waals surface area contributed by atoms with Crippen LogP contribution in [0.15, 0.2) is 23.1 Å². The van der Waals surface area contributed by atoms with Gasteiger partial charge in [-0.25, -0.2) is 13.1 Å². The molecular formula is C14H22N2O3S. The third-order valence-corrected chi connectivity index (χ3v) is 5.25. The molecule has 0 amide bonds. The van der Waals surface area contributed by atoms with Crippen molar-refractivity contribution in [3.8, 4) is 5.75 Å². The van der Waals surface area contributed by atoms with Crippen LogP contribution in [0.25, 0.3) is 0 Å². The van der Waals surface area contributed by atoms with Crippen LogP contribution in [0, 0.1) is 5.92 Å². The molecule has 0 saturated heterocycles. The highest BCUT2D eigenvalue weighted by molar-refractivity contribution is 7.89. The van der Waals surface area contributed by atoms with Gasteiger partial charge in [0.15, 0.2) is 0 Å². The minimum Gasteiger partial charge on any atom is -0.495 e. The number of ether oxygens (including phenoxy) is 1. The Labute approximate surface area is 120 Å². The molecule has 0 bridgehead atoms. The fourth-order valence-electron chi connectivity index (χ4n) is 2.58. The van der Waals surface area contributed by atoms with Gasteiger partial charge in [-0.3, -0.25) is 0 Å². The summed E-state index contributed by atoms with van der Waals surface area (Å²) in [6.07, 6.45) is 4.60. The molecule has 0 unspecified atom stereocenters. The lowest BCUT2D eigenvalue weighted by atomic mass is 10.1. The summed E-state index contributed by atoms with van der Waals surface area (Å²) in [5, 5.41) is 0. The molecule has 2 rings (SSSR count).